The van der Waals surface area contributed by atoms with E-state index in [0.29, 0.717) is 12.3 Å². The minimum Gasteiger partial charge on any atom is -0.508 e. The van der Waals surface area contributed by atoms with Gasteiger partial charge in [-0.2, -0.15) is 0 Å². The van der Waals surface area contributed by atoms with Gasteiger partial charge in [-0.3, -0.25) is 4.79 Å². The van der Waals surface area contributed by atoms with Crippen molar-refractivity contribution in [3.05, 3.63) is 29.8 Å². The van der Waals surface area contributed by atoms with Crippen molar-refractivity contribution < 1.29 is 14.6 Å². The normalized spacial score (nSPS) is 15.3. The summed E-state index contributed by atoms with van der Waals surface area (Å²) in [7, 11) is 1.41. The maximum absolute atomic E-state index is 11.3. The van der Waals surface area contributed by atoms with E-state index in [9.17, 15) is 9.90 Å². The molecule has 1 aromatic rings. The van der Waals surface area contributed by atoms with E-state index in [2.05, 4.69) is 0 Å². The Morgan fingerprint density at radius 3 is 2.61 bits per heavy atom. The van der Waals surface area contributed by atoms with Gasteiger partial charge >= 0.3 is 5.97 Å². The zero-order chi connectivity index (χ0) is 13.5. The number of carbonyl (C=O) groups excluding carboxylic acids is 1. The molecule has 0 aromatic heterocycles. The Kier molecular flexibility index (Phi) is 5.69. The van der Waals surface area contributed by atoms with Crippen molar-refractivity contribution in [3.63, 3.8) is 0 Å². The highest BCUT2D eigenvalue weighted by atomic mass is 16.5. The van der Waals surface area contributed by atoms with Gasteiger partial charge in [0.05, 0.1) is 13.5 Å². The zero-order valence-electron chi connectivity index (χ0n) is 11.3. The van der Waals surface area contributed by atoms with Crippen LogP contribution < -0.4 is 0 Å². The molecule has 0 aliphatic heterocycles. The third-order valence-corrected chi connectivity index (χ3v) is 3.10. The number of carbonyl (C=O) groups is 1. The number of benzene rings is 1. The van der Waals surface area contributed by atoms with E-state index < -0.39 is 0 Å². The summed E-state index contributed by atoms with van der Waals surface area (Å²) >= 11 is 0. The quantitative estimate of drug-likeness (QED) is 0.832. The van der Waals surface area contributed by atoms with Crippen molar-refractivity contribution in [2.45, 2.75) is 39.0 Å². The molecule has 100 valence electrons. The lowest BCUT2D eigenvalue weighted by molar-refractivity contribution is -0.141. The molecular formula is C15H22O3. The molecule has 0 saturated heterocycles. The lowest BCUT2D eigenvalue weighted by Gasteiger charge is -2.15. The van der Waals surface area contributed by atoms with E-state index in [1.807, 2.05) is 26.0 Å². The summed E-state index contributed by atoms with van der Waals surface area (Å²) < 4.78 is 4.71. The Labute approximate surface area is 109 Å². The minimum absolute atomic E-state index is 0.180. The number of phenols is 1. The monoisotopic (exact) mass is 250 g/mol. The number of esters is 1. The van der Waals surface area contributed by atoms with E-state index in [1.165, 1.54) is 7.11 Å². The number of aromatic hydroxyl groups is 1. The number of phenolic OH excluding ortho intramolecular Hbond substituents is 1. The number of rotatable bonds is 4. The molecule has 2 rings (SSSR count). The third-order valence-electron chi connectivity index (χ3n) is 3.10. The molecule has 1 atom stereocenters. The van der Waals surface area contributed by atoms with Crippen LogP contribution >= 0.6 is 0 Å². The van der Waals surface area contributed by atoms with E-state index in [0.717, 1.165) is 18.4 Å². The van der Waals surface area contributed by atoms with Crippen LogP contribution in [0.4, 0.5) is 0 Å². The topological polar surface area (TPSA) is 46.5 Å². The minimum atomic E-state index is -0.180. The molecule has 1 aliphatic carbocycles. The van der Waals surface area contributed by atoms with Crippen LogP contribution in [0.5, 0.6) is 5.75 Å². The van der Waals surface area contributed by atoms with Crippen molar-refractivity contribution in [3.8, 4) is 5.75 Å². The van der Waals surface area contributed by atoms with Gasteiger partial charge in [-0.05, 0) is 42.4 Å². The van der Waals surface area contributed by atoms with E-state index in [4.69, 9.17) is 4.74 Å². The molecule has 1 unspecified atom stereocenters. The predicted octanol–water partition coefficient (Wildman–Crippen LogP) is 3.48. The number of hydrogen-bond donors (Lipinski definition) is 1. The van der Waals surface area contributed by atoms with E-state index in [1.54, 1.807) is 12.1 Å². The largest absolute Gasteiger partial charge is 0.508 e. The maximum atomic E-state index is 11.3. The summed E-state index contributed by atoms with van der Waals surface area (Å²) in [6.45, 7) is 4.00. The average Bonchev–Trinajstić information content (AvgIpc) is 3.22. The highest BCUT2D eigenvalue weighted by molar-refractivity contribution is 5.70. The number of hydrogen-bond acceptors (Lipinski definition) is 3. The standard InChI is InChI=1S/C13H16O3.C2H6/c1-16-13(15)8-12(9-5-6-9)10-3-2-4-11(14)7-10;1-2/h2-4,7,9,12,14H,5-6,8H2,1H3;1-2H3. The van der Waals surface area contributed by atoms with Crippen LogP contribution in [0.1, 0.15) is 44.6 Å². The van der Waals surface area contributed by atoms with Gasteiger partial charge in [-0.1, -0.05) is 26.0 Å². The molecular weight excluding hydrogens is 228 g/mol. The first kappa shape index (κ1) is 14.6. The van der Waals surface area contributed by atoms with Crippen molar-refractivity contribution in [2.24, 2.45) is 5.92 Å². The lowest BCUT2D eigenvalue weighted by atomic mass is 9.91. The summed E-state index contributed by atoms with van der Waals surface area (Å²) in [6.07, 6.45) is 2.74. The van der Waals surface area contributed by atoms with E-state index >= 15 is 0 Å². The van der Waals surface area contributed by atoms with Crippen LogP contribution in [-0.4, -0.2) is 18.2 Å². The van der Waals surface area contributed by atoms with Crippen molar-refractivity contribution in [1.82, 2.24) is 0 Å². The first-order chi connectivity index (χ1) is 8.70. The fourth-order valence-electron chi connectivity index (χ4n) is 2.07. The summed E-state index contributed by atoms with van der Waals surface area (Å²) in [6, 6.07) is 7.17. The maximum Gasteiger partial charge on any atom is 0.306 e. The SMILES string of the molecule is CC.COC(=O)CC(c1cccc(O)c1)C1CC1. The first-order valence-corrected chi connectivity index (χ1v) is 6.56. The van der Waals surface area contributed by atoms with Gasteiger partial charge in [0.25, 0.3) is 0 Å². The van der Waals surface area contributed by atoms with Crippen molar-refractivity contribution in [1.29, 1.82) is 0 Å². The van der Waals surface area contributed by atoms with Gasteiger partial charge < -0.3 is 9.84 Å². The molecule has 1 N–H and O–H groups in total. The molecule has 0 amide bonds. The summed E-state index contributed by atoms with van der Waals surface area (Å²) in [5, 5.41) is 9.44. The van der Waals surface area contributed by atoms with Crippen LogP contribution in [0.25, 0.3) is 0 Å². The molecule has 3 nitrogen and oxygen atoms in total. The predicted molar refractivity (Wildman–Crippen MR) is 71.6 cm³/mol. The van der Waals surface area contributed by atoms with E-state index in [-0.39, 0.29) is 17.6 Å². The molecule has 1 aliphatic rings. The highest BCUT2D eigenvalue weighted by Gasteiger charge is 2.34. The fraction of sp³-hybridized carbons (Fsp3) is 0.533. The van der Waals surface area contributed by atoms with Crippen LogP contribution in [-0.2, 0) is 9.53 Å². The molecule has 3 heteroatoms. The Morgan fingerprint density at radius 2 is 2.11 bits per heavy atom. The van der Waals surface area contributed by atoms with Crippen molar-refractivity contribution >= 4 is 5.97 Å². The van der Waals surface area contributed by atoms with Crippen molar-refractivity contribution in [2.75, 3.05) is 7.11 Å². The van der Waals surface area contributed by atoms with Gasteiger partial charge in [-0.25, -0.2) is 0 Å². The molecule has 0 heterocycles. The van der Waals surface area contributed by atoms with Crippen LogP contribution in [0.2, 0.25) is 0 Å². The van der Waals surface area contributed by atoms with Gasteiger partial charge in [0.2, 0.25) is 0 Å². The summed E-state index contributed by atoms with van der Waals surface area (Å²) in [5.41, 5.74) is 1.04. The number of methoxy groups -OCH3 is 1. The molecule has 1 fully saturated rings. The zero-order valence-corrected chi connectivity index (χ0v) is 11.3. The van der Waals surface area contributed by atoms with Gasteiger partial charge in [-0.15, -0.1) is 0 Å². The van der Waals surface area contributed by atoms with Gasteiger partial charge in [0.1, 0.15) is 5.75 Å². The Hall–Kier alpha value is -1.51. The molecule has 0 radical (unpaired) electrons. The van der Waals surface area contributed by atoms with Crippen LogP contribution in [0.15, 0.2) is 24.3 Å². The molecule has 18 heavy (non-hydrogen) atoms. The Balaban J connectivity index is 0.000000771. The molecule has 0 bridgehead atoms. The van der Waals surface area contributed by atoms with Crippen LogP contribution in [0, 0.1) is 5.92 Å². The Morgan fingerprint density at radius 1 is 1.44 bits per heavy atom. The smallest absolute Gasteiger partial charge is 0.306 e. The summed E-state index contributed by atoms with van der Waals surface area (Å²) in [4.78, 5) is 11.3. The van der Waals surface area contributed by atoms with Gasteiger partial charge in [0.15, 0.2) is 0 Å². The average molecular weight is 250 g/mol. The van der Waals surface area contributed by atoms with Crippen LogP contribution in [0.3, 0.4) is 0 Å². The fourth-order valence-corrected chi connectivity index (χ4v) is 2.07. The molecule has 1 saturated carbocycles. The second-order valence-corrected chi connectivity index (χ2v) is 4.32. The second kappa shape index (κ2) is 7.04. The van der Waals surface area contributed by atoms with Gasteiger partial charge in [0, 0.05) is 0 Å². The first-order valence-electron chi connectivity index (χ1n) is 6.56. The Bertz CT molecular complexity index is 383. The highest BCUT2D eigenvalue weighted by Crippen LogP contribution is 2.45. The third kappa shape index (κ3) is 4.06. The molecule has 1 aromatic carbocycles. The number of ether oxygens (including phenoxy) is 1. The second-order valence-electron chi connectivity index (χ2n) is 4.32. The summed E-state index contributed by atoms with van der Waals surface area (Å²) in [5.74, 6) is 0.841. The lowest BCUT2D eigenvalue weighted by Crippen LogP contribution is -2.10. The molecule has 0 spiro atoms.